The second kappa shape index (κ2) is 5.62. The molecule has 0 aliphatic heterocycles. The van der Waals surface area contributed by atoms with Gasteiger partial charge < -0.3 is 20.5 Å². The van der Waals surface area contributed by atoms with Gasteiger partial charge in [0.15, 0.2) is 0 Å². The van der Waals surface area contributed by atoms with E-state index in [1.807, 2.05) is 20.8 Å². The zero-order chi connectivity index (χ0) is 12.9. The van der Waals surface area contributed by atoms with Crippen molar-refractivity contribution in [1.29, 1.82) is 0 Å². The van der Waals surface area contributed by atoms with Crippen molar-refractivity contribution in [3.63, 3.8) is 0 Å². The van der Waals surface area contributed by atoms with Gasteiger partial charge in [-0.25, -0.2) is 0 Å². The normalized spacial score (nSPS) is 11.1. The number of aromatic nitrogens is 3. The third-order valence-corrected chi connectivity index (χ3v) is 1.98. The average molecular weight is 241 g/mol. The predicted octanol–water partition coefficient (Wildman–Crippen LogP) is 0.495. The zero-order valence-electron chi connectivity index (χ0n) is 10.6. The molecular formula is C10H19N5O2. The van der Waals surface area contributed by atoms with Crippen molar-refractivity contribution in [3.05, 3.63) is 0 Å². The van der Waals surface area contributed by atoms with Gasteiger partial charge in [0.25, 0.3) is 0 Å². The first-order valence-corrected chi connectivity index (χ1v) is 5.43. The molecule has 1 aromatic heterocycles. The minimum Gasteiger partial charge on any atom is -0.467 e. The van der Waals surface area contributed by atoms with Crippen LogP contribution in [0, 0.1) is 0 Å². The molecule has 0 spiro atoms. The lowest BCUT2D eigenvalue weighted by Crippen LogP contribution is -2.35. The molecule has 0 saturated heterocycles. The van der Waals surface area contributed by atoms with Crippen LogP contribution in [0.2, 0.25) is 0 Å². The second-order valence-electron chi connectivity index (χ2n) is 4.17. The molecule has 0 aliphatic carbocycles. The molecule has 0 fully saturated rings. The SMILES string of the molecule is CCNc1nc(NC(C)(C)CO)nc(OC)n1. The number of methoxy groups -OCH3 is 1. The molecule has 1 aromatic rings. The third kappa shape index (κ3) is 4.03. The number of nitrogens with one attached hydrogen (secondary N) is 2. The van der Waals surface area contributed by atoms with Crippen LogP contribution in [0.15, 0.2) is 0 Å². The Morgan fingerprint density at radius 3 is 2.41 bits per heavy atom. The van der Waals surface area contributed by atoms with E-state index >= 15 is 0 Å². The lowest BCUT2D eigenvalue weighted by atomic mass is 10.1. The lowest BCUT2D eigenvalue weighted by molar-refractivity contribution is 0.233. The van der Waals surface area contributed by atoms with Crippen molar-refractivity contribution in [2.45, 2.75) is 26.3 Å². The minimum absolute atomic E-state index is 0.0302. The van der Waals surface area contributed by atoms with Crippen molar-refractivity contribution >= 4 is 11.9 Å². The molecule has 0 bridgehead atoms. The topological polar surface area (TPSA) is 92.2 Å². The van der Waals surface area contributed by atoms with Crippen LogP contribution in [-0.4, -0.2) is 45.9 Å². The molecule has 7 nitrogen and oxygen atoms in total. The van der Waals surface area contributed by atoms with E-state index in [2.05, 4.69) is 25.6 Å². The van der Waals surface area contributed by atoms with Crippen LogP contribution < -0.4 is 15.4 Å². The number of aliphatic hydroxyl groups is 1. The van der Waals surface area contributed by atoms with Crippen molar-refractivity contribution < 1.29 is 9.84 Å². The van der Waals surface area contributed by atoms with E-state index in [0.29, 0.717) is 18.4 Å². The van der Waals surface area contributed by atoms with Crippen LogP contribution >= 0.6 is 0 Å². The van der Waals surface area contributed by atoms with Gasteiger partial charge in [-0.3, -0.25) is 0 Å². The summed E-state index contributed by atoms with van der Waals surface area (Å²) in [5.41, 5.74) is -0.504. The number of hydrogen-bond acceptors (Lipinski definition) is 7. The molecule has 0 amide bonds. The van der Waals surface area contributed by atoms with Gasteiger partial charge in [-0.2, -0.15) is 15.0 Å². The first-order chi connectivity index (χ1) is 8.00. The predicted molar refractivity (Wildman–Crippen MR) is 65.3 cm³/mol. The second-order valence-corrected chi connectivity index (χ2v) is 4.17. The van der Waals surface area contributed by atoms with Crippen molar-refractivity contribution in [1.82, 2.24) is 15.0 Å². The van der Waals surface area contributed by atoms with E-state index in [1.165, 1.54) is 7.11 Å². The summed E-state index contributed by atoms with van der Waals surface area (Å²) in [6, 6.07) is 0.229. The fraction of sp³-hybridized carbons (Fsp3) is 0.700. The molecule has 1 rings (SSSR count). The molecule has 0 unspecified atom stereocenters. The van der Waals surface area contributed by atoms with Crippen molar-refractivity contribution in [3.8, 4) is 6.01 Å². The van der Waals surface area contributed by atoms with E-state index in [-0.39, 0.29) is 12.6 Å². The van der Waals surface area contributed by atoms with Gasteiger partial charge in [-0.15, -0.1) is 0 Å². The van der Waals surface area contributed by atoms with Crippen LogP contribution in [0.4, 0.5) is 11.9 Å². The summed E-state index contributed by atoms with van der Waals surface area (Å²) in [5.74, 6) is 0.808. The highest BCUT2D eigenvalue weighted by Crippen LogP contribution is 2.14. The quantitative estimate of drug-likeness (QED) is 0.667. The van der Waals surface area contributed by atoms with Crippen molar-refractivity contribution in [2.75, 3.05) is 30.9 Å². The lowest BCUT2D eigenvalue weighted by Gasteiger charge is -2.23. The maximum Gasteiger partial charge on any atom is 0.322 e. The van der Waals surface area contributed by atoms with Gasteiger partial charge in [-0.05, 0) is 20.8 Å². The number of nitrogens with zero attached hydrogens (tertiary/aromatic N) is 3. The number of rotatable bonds is 6. The molecule has 96 valence electrons. The summed E-state index contributed by atoms with van der Waals surface area (Å²) in [6.07, 6.45) is 0. The van der Waals surface area contributed by atoms with Crippen LogP contribution in [0.3, 0.4) is 0 Å². The summed E-state index contributed by atoms with van der Waals surface area (Å²) in [4.78, 5) is 12.3. The molecule has 0 aromatic carbocycles. The first-order valence-electron chi connectivity index (χ1n) is 5.43. The molecule has 0 saturated carbocycles. The fourth-order valence-corrected chi connectivity index (χ4v) is 1.08. The van der Waals surface area contributed by atoms with E-state index in [1.54, 1.807) is 0 Å². The minimum atomic E-state index is -0.504. The number of hydrogen-bond donors (Lipinski definition) is 3. The molecule has 0 aliphatic rings. The van der Waals surface area contributed by atoms with Crippen molar-refractivity contribution in [2.24, 2.45) is 0 Å². The fourth-order valence-electron chi connectivity index (χ4n) is 1.08. The van der Waals surface area contributed by atoms with Crippen LogP contribution in [0.1, 0.15) is 20.8 Å². The van der Waals surface area contributed by atoms with Gasteiger partial charge in [-0.1, -0.05) is 0 Å². The summed E-state index contributed by atoms with van der Waals surface area (Å²) in [7, 11) is 1.49. The highest BCUT2D eigenvalue weighted by atomic mass is 16.5. The maximum atomic E-state index is 9.17. The Labute approximate surface area is 101 Å². The molecular weight excluding hydrogens is 222 g/mol. The van der Waals surface area contributed by atoms with Gasteiger partial charge in [0.05, 0.1) is 19.3 Å². The standard InChI is InChI=1S/C10H19N5O2/c1-5-11-7-12-8(14-9(13-7)17-4)15-10(2,3)6-16/h16H,5-6H2,1-4H3,(H2,11,12,13,14,15). The Morgan fingerprint density at radius 2 is 1.88 bits per heavy atom. The summed E-state index contributed by atoms with van der Waals surface area (Å²) in [5, 5.41) is 15.2. The highest BCUT2D eigenvalue weighted by molar-refractivity contribution is 5.37. The van der Waals surface area contributed by atoms with Crippen LogP contribution in [-0.2, 0) is 0 Å². The molecule has 1 heterocycles. The smallest absolute Gasteiger partial charge is 0.322 e. The van der Waals surface area contributed by atoms with Crippen LogP contribution in [0.25, 0.3) is 0 Å². The molecule has 17 heavy (non-hydrogen) atoms. The largest absolute Gasteiger partial charge is 0.467 e. The van der Waals surface area contributed by atoms with Gasteiger partial charge in [0, 0.05) is 6.54 Å². The Morgan fingerprint density at radius 1 is 1.24 bits per heavy atom. The maximum absolute atomic E-state index is 9.17. The van der Waals surface area contributed by atoms with E-state index in [0.717, 1.165) is 0 Å². The molecule has 3 N–H and O–H groups in total. The summed E-state index contributed by atoms with van der Waals surface area (Å²) >= 11 is 0. The highest BCUT2D eigenvalue weighted by Gasteiger charge is 2.18. The number of anilines is 2. The molecule has 0 radical (unpaired) electrons. The Kier molecular flexibility index (Phi) is 4.45. The van der Waals surface area contributed by atoms with Gasteiger partial charge in [0.1, 0.15) is 0 Å². The first kappa shape index (κ1) is 13.4. The third-order valence-electron chi connectivity index (χ3n) is 1.98. The summed E-state index contributed by atoms with van der Waals surface area (Å²) < 4.78 is 4.99. The van der Waals surface area contributed by atoms with Crippen LogP contribution in [0.5, 0.6) is 6.01 Å². The zero-order valence-corrected chi connectivity index (χ0v) is 10.6. The van der Waals surface area contributed by atoms with E-state index in [4.69, 9.17) is 4.74 Å². The number of ether oxygens (including phenoxy) is 1. The van der Waals surface area contributed by atoms with Gasteiger partial charge in [0.2, 0.25) is 11.9 Å². The summed E-state index contributed by atoms with van der Waals surface area (Å²) in [6.45, 7) is 6.31. The molecule has 0 atom stereocenters. The molecule has 7 heteroatoms. The Bertz CT molecular complexity index is 370. The average Bonchev–Trinajstić information content (AvgIpc) is 2.28. The van der Waals surface area contributed by atoms with E-state index in [9.17, 15) is 5.11 Å². The Hall–Kier alpha value is -1.63. The number of aliphatic hydroxyl groups excluding tert-OH is 1. The van der Waals surface area contributed by atoms with Gasteiger partial charge >= 0.3 is 6.01 Å². The van der Waals surface area contributed by atoms with E-state index < -0.39 is 5.54 Å². The Balaban J connectivity index is 2.94. The monoisotopic (exact) mass is 241 g/mol.